The van der Waals surface area contributed by atoms with Crippen LogP contribution in [0.3, 0.4) is 0 Å². The lowest BCUT2D eigenvalue weighted by Gasteiger charge is -2.20. The summed E-state index contributed by atoms with van der Waals surface area (Å²) < 4.78 is 76.9. The molecule has 0 aliphatic carbocycles. The highest BCUT2D eigenvalue weighted by Gasteiger charge is 2.40. The Bertz CT molecular complexity index is 2830. The number of methoxy groups -OCH3 is 2. The van der Waals surface area contributed by atoms with Crippen LogP contribution >= 0.6 is 0 Å². The van der Waals surface area contributed by atoms with Gasteiger partial charge in [-0.2, -0.15) is 29.5 Å². The fourth-order valence-corrected chi connectivity index (χ4v) is 12.2. The quantitative estimate of drug-likeness (QED) is 0.0305. The maximum atomic E-state index is 13.0. The van der Waals surface area contributed by atoms with Crippen LogP contribution in [-0.4, -0.2) is 68.7 Å². The molecule has 0 N–H and O–H groups in total. The summed E-state index contributed by atoms with van der Waals surface area (Å²) in [4.78, 5) is 31.0. The third kappa shape index (κ3) is 17.8. The molecule has 0 aliphatic heterocycles. The molecule has 0 radical (unpaired) electrons. The first kappa shape index (κ1) is 61.5. The lowest BCUT2D eigenvalue weighted by atomic mass is 9.97. The minimum atomic E-state index is -6.00. The maximum absolute atomic E-state index is 13.0. The van der Waals surface area contributed by atoms with Gasteiger partial charge >= 0.3 is 17.2 Å². The average molecular weight is 1090 g/mol. The number of nitriles is 2. The highest BCUT2D eigenvalue weighted by Crippen LogP contribution is 2.37. The molecule has 2 atom stereocenters. The van der Waals surface area contributed by atoms with Crippen molar-refractivity contribution < 1.29 is 50.3 Å². The summed E-state index contributed by atoms with van der Waals surface area (Å²) in [6, 6.07) is 55.5. The third-order valence-corrected chi connectivity index (χ3v) is 16.6. The first-order valence-corrected chi connectivity index (χ1v) is 27.8. The van der Waals surface area contributed by atoms with Crippen molar-refractivity contribution in [2.45, 2.75) is 120 Å². The number of nitrogens with zero attached hydrogens (tertiary/aromatic N) is 4. The molecule has 0 spiro atoms. The lowest BCUT2D eigenvalue weighted by Crippen LogP contribution is -2.35. The molecule has 2 unspecified atom stereocenters. The number of rotatable bonds is 20. The van der Waals surface area contributed by atoms with Gasteiger partial charge in [0.05, 0.1) is 54.8 Å². The number of ether oxygens (including phenoxy) is 4. The number of carbonyl (C=O) groups is 2. The van der Waals surface area contributed by atoms with Gasteiger partial charge in [-0.3, -0.25) is 9.59 Å². The lowest BCUT2D eigenvalue weighted by molar-refractivity contribution is -0.150. The Morgan fingerprint density at radius 2 is 0.855 bits per heavy atom. The van der Waals surface area contributed by atoms with Crippen molar-refractivity contribution in [2.24, 2.45) is 10.2 Å². The van der Waals surface area contributed by atoms with Crippen LogP contribution < -0.4 is 9.47 Å². The van der Waals surface area contributed by atoms with Crippen LogP contribution in [0.15, 0.2) is 185 Å². The van der Waals surface area contributed by atoms with Crippen molar-refractivity contribution in [1.82, 2.24) is 0 Å². The molecule has 6 rings (SSSR count). The summed E-state index contributed by atoms with van der Waals surface area (Å²) in [7, 11) is -2.72. The van der Waals surface area contributed by atoms with Gasteiger partial charge in [0, 0.05) is 37.1 Å². The summed E-state index contributed by atoms with van der Waals surface area (Å²) >= 11 is 0. The molecule has 13 nitrogen and oxygen atoms in total. The van der Waals surface area contributed by atoms with Crippen LogP contribution in [0.1, 0.15) is 68.7 Å². The van der Waals surface area contributed by atoms with E-state index in [-0.39, 0.29) is 47.7 Å². The van der Waals surface area contributed by atoms with Gasteiger partial charge in [-0.15, -0.1) is 0 Å². The van der Waals surface area contributed by atoms with Crippen molar-refractivity contribution in [3.8, 4) is 23.6 Å². The van der Waals surface area contributed by atoms with Crippen molar-refractivity contribution in [3.63, 3.8) is 0 Å². The topological polar surface area (TPSA) is 201 Å². The molecule has 0 heterocycles. The van der Waals surface area contributed by atoms with E-state index < -0.39 is 51.4 Å². The summed E-state index contributed by atoms with van der Waals surface area (Å²) in [5.74, 6) is 0.133. The van der Waals surface area contributed by atoms with E-state index in [0.717, 1.165) is 11.5 Å². The number of esters is 2. The monoisotopic (exact) mass is 1090 g/mol. The Labute approximate surface area is 451 Å². The molecule has 0 amide bonds. The number of hydrogen-bond donors (Lipinski definition) is 0. The van der Waals surface area contributed by atoms with Crippen LogP contribution in [-0.2, 0) is 51.0 Å². The van der Waals surface area contributed by atoms with Gasteiger partial charge in [0.25, 0.3) is 0 Å². The Balaban J connectivity index is 0.000000249. The highest BCUT2D eigenvalue weighted by molar-refractivity contribution is 7.97. The molecule has 0 bridgehead atoms. The highest BCUT2D eigenvalue weighted by atomic mass is 32.2. The van der Waals surface area contributed by atoms with Crippen molar-refractivity contribution >= 4 is 43.8 Å². The van der Waals surface area contributed by atoms with Gasteiger partial charge in [0.15, 0.2) is 57.2 Å². The molecule has 6 aromatic rings. The van der Waals surface area contributed by atoms with E-state index in [2.05, 4.69) is 188 Å². The van der Waals surface area contributed by atoms with E-state index in [0.29, 0.717) is 0 Å². The molecule has 400 valence electrons. The second kappa shape index (κ2) is 28.7. The van der Waals surface area contributed by atoms with Crippen LogP contribution in [0.2, 0.25) is 0 Å². The minimum Gasteiger partial charge on any atom is -0.743 e. The standard InChI is InChI=1S/2C21H21OS.C16H22F2N4O7S/c2*1-16-14-20(15-17(2)21(16)22-3)23(18-10-6-4-7-11-18)19-12-8-5-9-13-19;1-4-28-12(23)5-7-14(2,9-19)21-22-15(3,10-20)8-6-13(24)29-11-16(17,18)30(25,26)27/h2*4-15H,1-3H3;4-8,11H2,1-3H3,(H,25,26,27)/q2*+1;/p-1. The van der Waals surface area contributed by atoms with Gasteiger partial charge in [-0.05, 0) is 132 Å². The maximum Gasteiger partial charge on any atom is 0.367 e. The molecule has 0 aliphatic rings. The van der Waals surface area contributed by atoms with E-state index in [1.807, 2.05) is 6.07 Å². The first-order valence-electron chi connectivity index (χ1n) is 23.9. The fourth-order valence-electron chi connectivity index (χ4n) is 7.45. The molecule has 0 saturated carbocycles. The van der Waals surface area contributed by atoms with Crippen LogP contribution in [0.4, 0.5) is 8.78 Å². The Morgan fingerprint density at radius 3 is 1.11 bits per heavy atom. The number of halogens is 2. The van der Waals surface area contributed by atoms with E-state index in [4.69, 9.17) is 14.2 Å². The summed E-state index contributed by atoms with van der Waals surface area (Å²) in [6.07, 6.45) is -1.15. The van der Waals surface area contributed by atoms with E-state index in [9.17, 15) is 41.9 Å². The predicted octanol–water partition coefficient (Wildman–Crippen LogP) is 12.6. The second-order valence-electron chi connectivity index (χ2n) is 17.6. The molecular formula is C58H63F2N4O9S3+. The van der Waals surface area contributed by atoms with Gasteiger partial charge in [-0.25, -0.2) is 8.42 Å². The molecule has 0 saturated heterocycles. The van der Waals surface area contributed by atoms with Gasteiger partial charge in [0.2, 0.25) is 0 Å². The van der Waals surface area contributed by atoms with E-state index in [1.54, 1.807) is 27.2 Å². The zero-order valence-electron chi connectivity index (χ0n) is 44.0. The van der Waals surface area contributed by atoms with Crippen LogP contribution in [0.25, 0.3) is 0 Å². The fraction of sp³-hybridized carbons (Fsp3) is 0.310. The third-order valence-electron chi connectivity index (χ3n) is 11.3. The molecule has 18 heteroatoms. The van der Waals surface area contributed by atoms with Gasteiger partial charge < -0.3 is 23.5 Å². The molecule has 0 aromatic heterocycles. The van der Waals surface area contributed by atoms with Crippen molar-refractivity contribution in [3.05, 3.63) is 168 Å². The van der Waals surface area contributed by atoms with Gasteiger partial charge in [0.1, 0.15) is 11.5 Å². The Morgan fingerprint density at radius 1 is 0.566 bits per heavy atom. The van der Waals surface area contributed by atoms with E-state index >= 15 is 0 Å². The zero-order valence-corrected chi connectivity index (χ0v) is 46.5. The number of carbonyl (C=O) groups excluding carboxylic acids is 2. The number of hydrogen-bond acceptors (Lipinski definition) is 13. The number of benzene rings is 6. The Kier molecular flexibility index (Phi) is 23.2. The van der Waals surface area contributed by atoms with Crippen LogP contribution in [0, 0.1) is 50.4 Å². The number of aryl methyl sites for hydroxylation is 4. The SMILES string of the molecule is CCOC(=O)CCC(C)(C#N)N=NC(C)(C#N)CCC(=O)OCC(F)(F)S(=O)(=O)[O-].COc1c(C)cc([S+](c2ccccc2)c2ccccc2)cc1C.COc1c(C)cc([S+](c2ccccc2)c2ccccc2)cc1C. The number of alkyl halides is 2. The first-order chi connectivity index (χ1) is 36.0. The predicted molar refractivity (Wildman–Crippen MR) is 289 cm³/mol. The smallest absolute Gasteiger partial charge is 0.367 e. The normalized spacial score (nSPS) is 12.8. The molecule has 0 fully saturated rings. The second-order valence-corrected chi connectivity index (χ2v) is 23.1. The van der Waals surface area contributed by atoms with Crippen molar-refractivity contribution in [1.29, 1.82) is 10.5 Å². The molecule has 76 heavy (non-hydrogen) atoms. The average Bonchev–Trinajstić information content (AvgIpc) is 3.40. The largest absolute Gasteiger partial charge is 0.743 e. The summed E-state index contributed by atoms with van der Waals surface area (Å²) in [5.41, 5.74) is 1.64. The summed E-state index contributed by atoms with van der Waals surface area (Å²) in [5, 5.41) is 21.3. The molecular weight excluding hydrogens is 1030 g/mol. The van der Waals surface area contributed by atoms with Crippen molar-refractivity contribution in [2.75, 3.05) is 27.4 Å². The van der Waals surface area contributed by atoms with Gasteiger partial charge in [-0.1, -0.05) is 72.8 Å². The Hall–Kier alpha value is -7.09. The van der Waals surface area contributed by atoms with Crippen LogP contribution in [0.5, 0.6) is 11.5 Å². The van der Waals surface area contributed by atoms with E-state index in [1.165, 1.54) is 65.5 Å². The minimum absolute atomic E-state index is 0.0475. The summed E-state index contributed by atoms with van der Waals surface area (Å²) in [6.45, 7) is 10.9. The zero-order chi connectivity index (χ0) is 56.1. The number of azo groups is 1. The molecule has 6 aromatic carbocycles.